The first-order valence-corrected chi connectivity index (χ1v) is 9.80. The van der Waals surface area contributed by atoms with Crippen LogP contribution in [0, 0.1) is 13.8 Å². The molecule has 6 heteroatoms. The molecule has 1 amide bonds. The van der Waals surface area contributed by atoms with Gasteiger partial charge < -0.3 is 5.32 Å². The summed E-state index contributed by atoms with van der Waals surface area (Å²) in [7, 11) is -3.64. The largest absolute Gasteiger partial charge is 0.353 e. The number of carbonyl (C=O) groups is 1. The zero-order valence-corrected chi connectivity index (χ0v) is 15.2. The smallest absolute Gasteiger partial charge is 0.262 e. The molecule has 0 bridgehead atoms. The molecule has 0 saturated heterocycles. The van der Waals surface area contributed by atoms with E-state index in [4.69, 9.17) is 0 Å². The maximum atomic E-state index is 12.6. The Morgan fingerprint density at radius 3 is 2.40 bits per heavy atom. The van der Waals surface area contributed by atoms with Crippen LogP contribution in [0.15, 0.2) is 47.4 Å². The summed E-state index contributed by atoms with van der Waals surface area (Å²) in [6, 6.07) is 12.6. The Morgan fingerprint density at radius 2 is 1.76 bits per heavy atom. The van der Waals surface area contributed by atoms with Crippen molar-refractivity contribution in [3.8, 4) is 0 Å². The van der Waals surface area contributed by atoms with Crippen molar-refractivity contribution in [1.29, 1.82) is 0 Å². The molecule has 5 nitrogen and oxygen atoms in total. The van der Waals surface area contributed by atoms with Gasteiger partial charge in [-0.1, -0.05) is 24.3 Å². The summed E-state index contributed by atoms with van der Waals surface area (Å²) in [6.07, 6.45) is 2.43. The highest BCUT2D eigenvalue weighted by Gasteiger charge is 2.23. The van der Waals surface area contributed by atoms with E-state index in [-0.39, 0.29) is 10.8 Å². The Kier molecular flexibility index (Phi) is 4.81. The molecule has 0 aromatic heterocycles. The molecule has 0 radical (unpaired) electrons. The molecule has 0 atom stereocenters. The molecular weight excluding hydrogens is 336 g/mol. The van der Waals surface area contributed by atoms with Gasteiger partial charge in [0, 0.05) is 11.7 Å². The van der Waals surface area contributed by atoms with Crippen molar-refractivity contribution in [2.75, 3.05) is 4.72 Å². The van der Waals surface area contributed by atoms with Crippen molar-refractivity contribution in [3.05, 3.63) is 59.2 Å². The van der Waals surface area contributed by atoms with Crippen LogP contribution < -0.4 is 10.0 Å². The molecule has 0 spiro atoms. The third kappa shape index (κ3) is 4.60. The zero-order valence-electron chi connectivity index (χ0n) is 14.4. The van der Waals surface area contributed by atoms with Crippen molar-refractivity contribution in [2.24, 2.45) is 0 Å². The van der Waals surface area contributed by atoms with Crippen molar-refractivity contribution >= 4 is 21.6 Å². The van der Waals surface area contributed by atoms with Gasteiger partial charge in [0.25, 0.3) is 10.0 Å². The van der Waals surface area contributed by atoms with Crippen molar-refractivity contribution in [1.82, 2.24) is 5.32 Å². The van der Waals surface area contributed by atoms with Crippen LogP contribution in [0.4, 0.5) is 5.69 Å². The summed E-state index contributed by atoms with van der Waals surface area (Å²) in [5, 5.41) is 2.94. The Bertz CT molecular complexity index is 885. The van der Waals surface area contributed by atoms with Gasteiger partial charge in [0.05, 0.1) is 11.3 Å². The fraction of sp³-hybridized carbons (Fsp3) is 0.316. The van der Waals surface area contributed by atoms with E-state index in [1.165, 1.54) is 0 Å². The van der Waals surface area contributed by atoms with E-state index in [2.05, 4.69) is 10.0 Å². The van der Waals surface area contributed by atoms with Crippen molar-refractivity contribution < 1.29 is 13.2 Å². The Labute approximate surface area is 148 Å². The van der Waals surface area contributed by atoms with Crippen molar-refractivity contribution in [2.45, 2.75) is 44.0 Å². The molecule has 0 heterocycles. The van der Waals surface area contributed by atoms with E-state index >= 15 is 0 Å². The maximum Gasteiger partial charge on any atom is 0.262 e. The first-order chi connectivity index (χ1) is 11.8. The Balaban J connectivity index is 1.69. The molecule has 2 aromatic carbocycles. The number of hydrogen-bond acceptors (Lipinski definition) is 3. The summed E-state index contributed by atoms with van der Waals surface area (Å²) in [5.41, 5.74) is 2.93. The van der Waals surface area contributed by atoms with E-state index in [0.29, 0.717) is 23.7 Å². The number of rotatable bonds is 6. The van der Waals surface area contributed by atoms with Gasteiger partial charge in [0.15, 0.2) is 0 Å². The van der Waals surface area contributed by atoms with Crippen molar-refractivity contribution in [3.63, 3.8) is 0 Å². The SMILES string of the molecule is Cc1ccc(C)c(S(=O)(=O)Nc2ccc(CC(=O)NC3CC3)cc2)c1. The number of anilines is 1. The number of carbonyl (C=O) groups excluding carboxylic acids is 1. The number of amides is 1. The fourth-order valence-electron chi connectivity index (χ4n) is 2.59. The molecular formula is C19H22N2O3S. The Morgan fingerprint density at radius 1 is 1.08 bits per heavy atom. The average Bonchev–Trinajstić information content (AvgIpc) is 3.35. The van der Waals surface area contributed by atoms with Crippen LogP contribution in [0.2, 0.25) is 0 Å². The lowest BCUT2D eigenvalue weighted by Gasteiger charge is -2.11. The molecule has 2 N–H and O–H groups in total. The second-order valence-electron chi connectivity index (χ2n) is 6.59. The lowest BCUT2D eigenvalue weighted by Crippen LogP contribution is -2.26. The molecule has 2 aromatic rings. The normalized spacial score (nSPS) is 14.2. The van der Waals surface area contributed by atoms with Gasteiger partial charge in [-0.3, -0.25) is 9.52 Å². The van der Waals surface area contributed by atoms with Gasteiger partial charge in [0.2, 0.25) is 5.91 Å². The zero-order chi connectivity index (χ0) is 18.0. The summed E-state index contributed by atoms with van der Waals surface area (Å²) in [4.78, 5) is 12.1. The summed E-state index contributed by atoms with van der Waals surface area (Å²) in [6.45, 7) is 3.63. The molecule has 3 rings (SSSR count). The van der Waals surface area contributed by atoms with Gasteiger partial charge >= 0.3 is 0 Å². The number of sulfonamides is 1. The van der Waals surface area contributed by atoms with E-state index in [0.717, 1.165) is 24.0 Å². The first kappa shape index (κ1) is 17.5. The second kappa shape index (κ2) is 6.88. The lowest BCUT2D eigenvalue weighted by molar-refractivity contribution is -0.120. The van der Waals surface area contributed by atoms with E-state index < -0.39 is 10.0 Å². The molecule has 25 heavy (non-hydrogen) atoms. The minimum Gasteiger partial charge on any atom is -0.353 e. The van der Waals surface area contributed by atoms with Crippen LogP contribution in [0.5, 0.6) is 0 Å². The molecule has 0 aliphatic heterocycles. The lowest BCUT2D eigenvalue weighted by atomic mass is 10.1. The highest BCUT2D eigenvalue weighted by molar-refractivity contribution is 7.92. The summed E-state index contributed by atoms with van der Waals surface area (Å²) < 4.78 is 27.8. The number of hydrogen-bond donors (Lipinski definition) is 2. The molecule has 132 valence electrons. The van der Waals surface area contributed by atoms with E-state index in [1.54, 1.807) is 43.3 Å². The average molecular weight is 358 g/mol. The molecule has 0 unspecified atom stereocenters. The first-order valence-electron chi connectivity index (χ1n) is 8.32. The quantitative estimate of drug-likeness (QED) is 0.834. The van der Waals surface area contributed by atoms with Crippen LogP contribution in [0.3, 0.4) is 0 Å². The molecule has 1 saturated carbocycles. The van der Waals surface area contributed by atoms with Gasteiger partial charge in [-0.2, -0.15) is 0 Å². The van der Waals surface area contributed by atoms with Crippen LogP contribution in [-0.4, -0.2) is 20.4 Å². The van der Waals surface area contributed by atoms with Gasteiger partial charge in [-0.15, -0.1) is 0 Å². The highest BCUT2D eigenvalue weighted by atomic mass is 32.2. The van der Waals surface area contributed by atoms with Crippen LogP contribution >= 0.6 is 0 Å². The third-order valence-corrected chi connectivity index (χ3v) is 5.67. The standard InChI is InChI=1S/C19H22N2O3S/c1-13-3-4-14(2)18(11-13)25(23,24)21-17-7-5-15(6-8-17)12-19(22)20-16-9-10-16/h3-8,11,16,21H,9-10,12H2,1-2H3,(H,20,22). The fourth-order valence-corrected chi connectivity index (χ4v) is 3.98. The van der Waals surface area contributed by atoms with Gasteiger partial charge in [0.1, 0.15) is 0 Å². The number of nitrogens with one attached hydrogen (secondary N) is 2. The summed E-state index contributed by atoms with van der Waals surface area (Å²) in [5.74, 6) is 0.00576. The van der Waals surface area contributed by atoms with Crippen LogP contribution in [-0.2, 0) is 21.2 Å². The summed E-state index contributed by atoms with van der Waals surface area (Å²) >= 11 is 0. The Hall–Kier alpha value is -2.34. The van der Waals surface area contributed by atoms with Gasteiger partial charge in [-0.25, -0.2) is 8.42 Å². The number of benzene rings is 2. The predicted octanol–water partition coefficient (Wildman–Crippen LogP) is 2.93. The molecule has 1 aliphatic rings. The van der Waals surface area contributed by atoms with E-state index in [9.17, 15) is 13.2 Å². The number of aryl methyl sites for hydroxylation is 2. The molecule has 1 aliphatic carbocycles. The van der Waals surface area contributed by atoms with Crippen LogP contribution in [0.1, 0.15) is 29.5 Å². The second-order valence-corrected chi connectivity index (χ2v) is 8.24. The predicted molar refractivity (Wildman–Crippen MR) is 98.0 cm³/mol. The molecule has 1 fully saturated rings. The van der Waals surface area contributed by atoms with Crippen LogP contribution in [0.25, 0.3) is 0 Å². The highest BCUT2D eigenvalue weighted by Crippen LogP contribution is 2.21. The minimum absolute atomic E-state index is 0.00576. The van der Waals surface area contributed by atoms with E-state index in [1.807, 2.05) is 13.0 Å². The van der Waals surface area contributed by atoms with Gasteiger partial charge in [-0.05, 0) is 61.6 Å². The maximum absolute atomic E-state index is 12.6. The monoisotopic (exact) mass is 358 g/mol. The minimum atomic E-state index is -3.64. The topological polar surface area (TPSA) is 75.3 Å². The third-order valence-electron chi connectivity index (χ3n) is 4.15.